The maximum Gasteiger partial charge on any atom is 0.248 e. The lowest BCUT2D eigenvalue weighted by atomic mass is 10.1. The van der Waals surface area contributed by atoms with Crippen molar-refractivity contribution in [1.82, 2.24) is 39.5 Å². The normalized spacial score (nSPS) is 19.1. The van der Waals surface area contributed by atoms with Gasteiger partial charge in [0.05, 0.1) is 16.9 Å². The molecule has 0 spiro atoms. The Bertz CT molecular complexity index is 1770. The van der Waals surface area contributed by atoms with Crippen LogP contribution in [0, 0.1) is 25.7 Å². The minimum absolute atomic E-state index is 0.109. The molecule has 43 heavy (non-hydrogen) atoms. The quantitative estimate of drug-likeness (QED) is 0.225. The summed E-state index contributed by atoms with van der Waals surface area (Å²) in [6, 6.07) is 4.95. The maximum absolute atomic E-state index is 13.8. The van der Waals surface area contributed by atoms with Crippen LogP contribution >= 0.6 is 15.9 Å². The molecule has 222 valence electrons. The summed E-state index contributed by atoms with van der Waals surface area (Å²) in [4.78, 5) is 61.5. The Morgan fingerprint density at radius 3 is 2.56 bits per heavy atom. The molecule has 1 saturated heterocycles. The van der Waals surface area contributed by atoms with Crippen LogP contribution in [0.3, 0.4) is 0 Å². The number of rotatable bonds is 8. The number of aryl methyl sites for hydroxylation is 2. The zero-order valence-corrected chi connectivity index (χ0v) is 26.2. The monoisotopic (exact) mass is 645 g/mol. The van der Waals surface area contributed by atoms with Gasteiger partial charge in [-0.15, -0.1) is 0 Å². The van der Waals surface area contributed by atoms with Gasteiger partial charge in [0.1, 0.15) is 34.5 Å². The van der Waals surface area contributed by atoms with Gasteiger partial charge < -0.3 is 15.1 Å². The Morgan fingerprint density at radius 2 is 1.86 bits per heavy atom. The molecule has 0 unspecified atom stereocenters. The highest BCUT2D eigenvalue weighted by Crippen LogP contribution is 2.50. The molecule has 1 N–H and O–H groups in total. The van der Waals surface area contributed by atoms with E-state index in [0.29, 0.717) is 63.1 Å². The molecule has 1 saturated carbocycles. The van der Waals surface area contributed by atoms with Gasteiger partial charge in [-0.3, -0.25) is 24.0 Å². The summed E-state index contributed by atoms with van der Waals surface area (Å²) in [6.45, 7) is 6.07. The molecule has 0 radical (unpaired) electrons. The minimum Gasteiger partial charge on any atom is -0.328 e. The van der Waals surface area contributed by atoms with E-state index in [0.717, 1.165) is 12.0 Å². The molecule has 0 bridgehead atoms. The van der Waals surface area contributed by atoms with Crippen molar-refractivity contribution in [3.05, 3.63) is 58.0 Å². The van der Waals surface area contributed by atoms with Crippen molar-refractivity contribution in [2.75, 3.05) is 26.0 Å². The van der Waals surface area contributed by atoms with Crippen LogP contribution < -0.4 is 5.32 Å². The Labute approximate surface area is 257 Å². The number of hydrogen-bond acceptors (Lipinski definition) is 9. The molecule has 2 amide bonds. The second-order valence-corrected chi connectivity index (χ2v) is 12.4. The van der Waals surface area contributed by atoms with Gasteiger partial charge in [0.15, 0.2) is 5.78 Å². The summed E-state index contributed by atoms with van der Waals surface area (Å²) in [6.07, 6.45) is 4.29. The summed E-state index contributed by atoms with van der Waals surface area (Å²) in [5.41, 5.74) is 3.69. The molecule has 4 aromatic heterocycles. The standard InChI is InChI=1S/C30H32BrN9O3/c1-15-27-22(9-23(34-15)20-10-32-17(3)33-11-20)26(16(2)41)37-40(27)14-25(42)39-13-19-8-21(19)28(39)30(43)36-29-18(12-38(4)5)6-7-24(31)35-29/h6-7,9-11,19,21,28H,8,12-14H2,1-5H3,(H,35,36,43)/t19-,21-,28+/m1/s1. The predicted molar refractivity (Wildman–Crippen MR) is 163 cm³/mol. The zero-order valence-electron chi connectivity index (χ0n) is 24.6. The van der Waals surface area contributed by atoms with Crippen LogP contribution in [0.5, 0.6) is 0 Å². The lowest BCUT2D eigenvalue weighted by Crippen LogP contribution is -2.47. The van der Waals surface area contributed by atoms with Gasteiger partial charge in [-0.25, -0.2) is 15.0 Å². The largest absolute Gasteiger partial charge is 0.328 e. The molecule has 13 heteroatoms. The summed E-state index contributed by atoms with van der Waals surface area (Å²) in [5.74, 6) is 0.817. The fraction of sp³-hybridized carbons (Fsp3) is 0.400. The van der Waals surface area contributed by atoms with Gasteiger partial charge in [-0.1, -0.05) is 6.07 Å². The number of nitrogens with zero attached hydrogens (tertiary/aromatic N) is 8. The average Bonchev–Trinajstić information content (AvgIpc) is 3.44. The third-order valence-corrected chi connectivity index (χ3v) is 8.45. The van der Waals surface area contributed by atoms with E-state index in [1.807, 2.05) is 38.1 Å². The minimum atomic E-state index is -0.605. The first-order valence-corrected chi connectivity index (χ1v) is 14.9. The highest BCUT2D eigenvalue weighted by Gasteiger charge is 2.57. The summed E-state index contributed by atoms with van der Waals surface area (Å²) in [7, 11) is 3.90. The maximum atomic E-state index is 13.8. The molecule has 6 rings (SSSR count). The Morgan fingerprint density at radius 1 is 1.12 bits per heavy atom. The Balaban J connectivity index is 1.28. The lowest BCUT2D eigenvalue weighted by molar-refractivity contribution is -0.138. The number of carbonyl (C=O) groups excluding carboxylic acids is 3. The predicted octanol–water partition coefficient (Wildman–Crippen LogP) is 3.41. The second-order valence-electron chi connectivity index (χ2n) is 11.6. The van der Waals surface area contributed by atoms with Crippen LogP contribution in [-0.4, -0.2) is 83.8 Å². The van der Waals surface area contributed by atoms with Gasteiger partial charge in [-0.2, -0.15) is 5.10 Å². The number of nitrogens with one attached hydrogen (secondary N) is 1. The van der Waals surface area contributed by atoms with E-state index in [1.165, 1.54) is 11.6 Å². The second kappa shape index (κ2) is 11.2. The average molecular weight is 647 g/mol. The van der Waals surface area contributed by atoms with Gasteiger partial charge >= 0.3 is 0 Å². The van der Waals surface area contributed by atoms with E-state index in [1.54, 1.807) is 30.3 Å². The van der Waals surface area contributed by atoms with Gasteiger partial charge in [0.2, 0.25) is 11.8 Å². The number of hydrogen-bond donors (Lipinski definition) is 1. The molecular weight excluding hydrogens is 614 g/mol. The first-order chi connectivity index (χ1) is 20.5. The Kier molecular flexibility index (Phi) is 7.55. The molecule has 5 heterocycles. The van der Waals surface area contributed by atoms with E-state index < -0.39 is 6.04 Å². The van der Waals surface area contributed by atoms with E-state index in [9.17, 15) is 14.4 Å². The SMILES string of the molecule is CC(=O)c1nn(CC(=O)N2C[C@H]3C[C@H]3[C@H]2C(=O)Nc2nc(Br)ccc2CN(C)C)c2c(C)nc(-c3cnc(C)nc3)cc12. The molecule has 1 aliphatic carbocycles. The lowest BCUT2D eigenvalue weighted by Gasteiger charge is -2.27. The van der Waals surface area contributed by atoms with E-state index in [4.69, 9.17) is 4.98 Å². The fourth-order valence-corrected chi connectivity index (χ4v) is 6.26. The zero-order chi connectivity index (χ0) is 30.6. The number of fused-ring (bicyclic) bond motifs is 2. The van der Waals surface area contributed by atoms with Crippen molar-refractivity contribution in [3.63, 3.8) is 0 Å². The van der Waals surface area contributed by atoms with Crippen molar-refractivity contribution in [3.8, 4) is 11.3 Å². The topological polar surface area (TPSA) is 139 Å². The van der Waals surface area contributed by atoms with Crippen molar-refractivity contribution in [2.45, 2.75) is 46.3 Å². The molecule has 4 aromatic rings. The van der Waals surface area contributed by atoms with Gasteiger partial charge in [-0.05, 0) is 74.3 Å². The van der Waals surface area contributed by atoms with Gasteiger partial charge in [0.25, 0.3) is 0 Å². The molecule has 1 aliphatic heterocycles. The van der Waals surface area contributed by atoms with Crippen LogP contribution in [0.4, 0.5) is 5.82 Å². The van der Waals surface area contributed by atoms with Crippen molar-refractivity contribution < 1.29 is 14.4 Å². The van der Waals surface area contributed by atoms with Crippen LogP contribution in [0.2, 0.25) is 0 Å². The first kappa shape index (κ1) is 29.0. The number of Topliss-reactive ketones (excluding diaryl/α,β-unsaturated/α-hetero) is 1. The smallest absolute Gasteiger partial charge is 0.248 e. The number of amides is 2. The number of likely N-dealkylation sites (tertiary alicyclic amines) is 1. The molecule has 0 aromatic carbocycles. The van der Waals surface area contributed by atoms with Gasteiger partial charge in [0, 0.05) is 48.9 Å². The molecule has 12 nitrogen and oxygen atoms in total. The summed E-state index contributed by atoms with van der Waals surface area (Å²) >= 11 is 3.40. The van der Waals surface area contributed by atoms with Crippen LogP contribution in [0.1, 0.15) is 40.9 Å². The van der Waals surface area contributed by atoms with Crippen molar-refractivity contribution >= 4 is 50.2 Å². The summed E-state index contributed by atoms with van der Waals surface area (Å²) < 4.78 is 2.15. The number of pyridine rings is 2. The van der Waals surface area contributed by atoms with Crippen LogP contribution in [0.25, 0.3) is 22.2 Å². The first-order valence-electron chi connectivity index (χ1n) is 14.1. The highest BCUT2D eigenvalue weighted by atomic mass is 79.9. The van der Waals surface area contributed by atoms with E-state index in [2.05, 4.69) is 41.3 Å². The fourth-order valence-electron chi connectivity index (χ4n) is 5.95. The Hall–Kier alpha value is -4.10. The number of anilines is 1. The molecule has 2 fully saturated rings. The third kappa shape index (κ3) is 5.66. The highest BCUT2D eigenvalue weighted by molar-refractivity contribution is 9.10. The number of carbonyl (C=O) groups is 3. The molecule has 2 aliphatic rings. The molecule has 3 atom stereocenters. The number of ketones is 1. The van der Waals surface area contributed by atoms with E-state index >= 15 is 0 Å². The molecular formula is C30H32BrN9O3. The van der Waals surface area contributed by atoms with Crippen molar-refractivity contribution in [1.29, 1.82) is 0 Å². The van der Waals surface area contributed by atoms with Crippen LogP contribution in [0.15, 0.2) is 35.2 Å². The number of halogens is 1. The summed E-state index contributed by atoms with van der Waals surface area (Å²) in [5, 5.41) is 8.16. The van der Waals surface area contributed by atoms with E-state index in [-0.39, 0.29) is 35.8 Å². The van der Waals surface area contributed by atoms with Crippen LogP contribution in [-0.2, 0) is 22.7 Å². The third-order valence-electron chi connectivity index (χ3n) is 8.01. The number of aromatic nitrogens is 6. The van der Waals surface area contributed by atoms with Crippen molar-refractivity contribution in [2.24, 2.45) is 11.8 Å². The number of piperidine rings is 1.